The number of ether oxygens (including phenoxy) is 1. The number of imidazole rings is 1. The Morgan fingerprint density at radius 2 is 1.94 bits per heavy atom. The van der Waals surface area contributed by atoms with Crippen molar-refractivity contribution >= 4 is 5.82 Å². The van der Waals surface area contributed by atoms with Crippen LogP contribution in [-0.4, -0.2) is 16.7 Å². The zero-order valence-electron chi connectivity index (χ0n) is 11.3. The Balaban J connectivity index is 2.62. The first-order chi connectivity index (χ1) is 8.56. The lowest BCUT2D eigenvalue weighted by Gasteiger charge is -2.12. The van der Waals surface area contributed by atoms with Crippen molar-refractivity contribution in [2.45, 2.75) is 26.8 Å². The highest BCUT2D eigenvalue weighted by molar-refractivity contribution is 5.76. The van der Waals surface area contributed by atoms with E-state index >= 15 is 0 Å². The summed E-state index contributed by atoms with van der Waals surface area (Å²) in [5.41, 5.74) is 7.93. The molecule has 2 aromatic rings. The molecular formula is C14H19N3O. The van der Waals surface area contributed by atoms with Crippen LogP contribution >= 0.6 is 0 Å². The topological polar surface area (TPSA) is 53.1 Å². The third-order valence-corrected chi connectivity index (χ3v) is 3.00. The lowest BCUT2D eigenvalue weighted by molar-refractivity contribution is 0.416. The first kappa shape index (κ1) is 12.5. The molecule has 0 saturated heterocycles. The fraction of sp³-hybridized carbons (Fsp3) is 0.357. The minimum absolute atomic E-state index is 0.293. The zero-order chi connectivity index (χ0) is 13.3. The first-order valence-corrected chi connectivity index (χ1v) is 6.04. The summed E-state index contributed by atoms with van der Waals surface area (Å²) in [4.78, 5) is 4.57. The molecule has 2 N–H and O–H groups in total. The van der Waals surface area contributed by atoms with Crippen LogP contribution in [0.5, 0.6) is 5.75 Å². The Morgan fingerprint density at radius 1 is 1.28 bits per heavy atom. The smallest absolute Gasteiger partial charge is 0.132 e. The minimum Gasteiger partial charge on any atom is -0.496 e. The lowest BCUT2D eigenvalue weighted by Crippen LogP contribution is -2.07. The van der Waals surface area contributed by atoms with Crippen LogP contribution in [0.25, 0.3) is 11.3 Å². The van der Waals surface area contributed by atoms with Gasteiger partial charge in [-0.1, -0.05) is 12.1 Å². The summed E-state index contributed by atoms with van der Waals surface area (Å²) < 4.78 is 7.39. The van der Waals surface area contributed by atoms with Gasteiger partial charge in [-0.2, -0.15) is 0 Å². The van der Waals surface area contributed by atoms with E-state index in [1.54, 1.807) is 7.11 Å². The van der Waals surface area contributed by atoms with Gasteiger partial charge in [-0.25, -0.2) is 4.98 Å². The molecule has 1 aromatic carbocycles. The number of nitrogen functional groups attached to an aromatic ring is 1. The van der Waals surface area contributed by atoms with Crippen LogP contribution in [0, 0.1) is 6.92 Å². The Kier molecular flexibility index (Phi) is 3.28. The van der Waals surface area contributed by atoms with E-state index in [9.17, 15) is 0 Å². The van der Waals surface area contributed by atoms with Gasteiger partial charge in [0, 0.05) is 11.6 Å². The van der Waals surface area contributed by atoms with E-state index < -0.39 is 0 Å². The highest BCUT2D eigenvalue weighted by Crippen LogP contribution is 2.34. The molecule has 0 saturated carbocycles. The van der Waals surface area contributed by atoms with Gasteiger partial charge in [0.1, 0.15) is 23.1 Å². The number of aromatic nitrogens is 2. The lowest BCUT2D eigenvalue weighted by atomic mass is 10.1. The average Bonchev–Trinajstić information content (AvgIpc) is 2.64. The van der Waals surface area contributed by atoms with Gasteiger partial charge >= 0.3 is 0 Å². The van der Waals surface area contributed by atoms with Crippen molar-refractivity contribution in [2.75, 3.05) is 12.8 Å². The quantitative estimate of drug-likeness (QED) is 0.904. The molecule has 0 bridgehead atoms. The van der Waals surface area contributed by atoms with E-state index in [-0.39, 0.29) is 0 Å². The molecule has 0 atom stereocenters. The van der Waals surface area contributed by atoms with Crippen molar-refractivity contribution < 1.29 is 4.74 Å². The molecule has 4 nitrogen and oxygen atoms in total. The van der Waals surface area contributed by atoms with Gasteiger partial charge in [-0.15, -0.1) is 0 Å². The van der Waals surface area contributed by atoms with Crippen LogP contribution in [0.15, 0.2) is 24.3 Å². The number of benzene rings is 1. The van der Waals surface area contributed by atoms with Crippen LogP contribution in [0.3, 0.4) is 0 Å². The standard InChI is InChI=1S/C14H19N3O/c1-9(2)17-10(3)16-13(14(17)15)11-7-5-6-8-12(11)18-4/h5-9H,15H2,1-4H3. The Hall–Kier alpha value is -1.97. The number of anilines is 1. The summed E-state index contributed by atoms with van der Waals surface area (Å²) in [6.45, 7) is 6.16. The Bertz CT molecular complexity index is 558. The first-order valence-electron chi connectivity index (χ1n) is 6.04. The van der Waals surface area contributed by atoms with Crippen molar-refractivity contribution in [2.24, 2.45) is 0 Å². The van der Waals surface area contributed by atoms with Crippen molar-refractivity contribution in [1.29, 1.82) is 0 Å². The van der Waals surface area contributed by atoms with E-state index in [2.05, 4.69) is 18.8 Å². The summed E-state index contributed by atoms with van der Waals surface area (Å²) >= 11 is 0. The van der Waals surface area contributed by atoms with Gasteiger partial charge in [0.2, 0.25) is 0 Å². The van der Waals surface area contributed by atoms with Crippen molar-refractivity contribution in [3.05, 3.63) is 30.1 Å². The summed E-state index contributed by atoms with van der Waals surface area (Å²) in [6, 6.07) is 8.08. The Morgan fingerprint density at radius 3 is 2.50 bits per heavy atom. The number of para-hydroxylation sites is 1. The maximum Gasteiger partial charge on any atom is 0.132 e. The van der Waals surface area contributed by atoms with Gasteiger partial charge in [0.25, 0.3) is 0 Å². The molecule has 0 aliphatic carbocycles. The molecule has 2 rings (SSSR count). The second-order valence-electron chi connectivity index (χ2n) is 4.56. The van der Waals surface area contributed by atoms with Gasteiger partial charge in [0.15, 0.2) is 0 Å². The van der Waals surface area contributed by atoms with Crippen molar-refractivity contribution in [3.8, 4) is 17.0 Å². The van der Waals surface area contributed by atoms with Crippen molar-refractivity contribution in [3.63, 3.8) is 0 Å². The molecule has 1 heterocycles. The van der Waals surface area contributed by atoms with E-state index in [4.69, 9.17) is 10.5 Å². The molecule has 1 aromatic heterocycles. The number of methoxy groups -OCH3 is 1. The number of aryl methyl sites for hydroxylation is 1. The molecule has 18 heavy (non-hydrogen) atoms. The van der Waals surface area contributed by atoms with Gasteiger partial charge < -0.3 is 15.0 Å². The fourth-order valence-corrected chi connectivity index (χ4v) is 2.25. The van der Waals surface area contributed by atoms with E-state index in [1.807, 2.05) is 35.8 Å². The third-order valence-electron chi connectivity index (χ3n) is 3.00. The highest BCUT2D eigenvalue weighted by Gasteiger charge is 2.17. The summed E-state index contributed by atoms with van der Waals surface area (Å²) in [5.74, 6) is 2.40. The Labute approximate surface area is 107 Å². The van der Waals surface area contributed by atoms with E-state index in [1.165, 1.54) is 0 Å². The number of nitrogens with zero attached hydrogens (tertiary/aromatic N) is 2. The van der Waals surface area contributed by atoms with Crippen LogP contribution in [-0.2, 0) is 0 Å². The predicted octanol–water partition coefficient (Wildman–Crippen LogP) is 3.03. The average molecular weight is 245 g/mol. The van der Waals surface area contributed by atoms with Crippen LogP contribution in [0.1, 0.15) is 25.7 Å². The predicted molar refractivity (Wildman–Crippen MR) is 73.7 cm³/mol. The SMILES string of the molecule is COc1ccccc1-c1nc(C)n(C(C)C)c1N. The molecule has 0 fully saturated rings. The molecule has 0 amide bonds. The molecule has 0 unspecified atom stereocenters. The number of hydrogen-bond acceptors (Lipinski definition) is 3. The highest BCUT2D eigenvalue weighted by atomic mass is 16.5. The normalized spacial score (nSPS) is 10.9. The van der Waals surface area contributed by atoms with Crippen LogP contribution in [0.2, 0.25) is 0 Å². The summed E-state index contributed by atoms with van der Waals surface area (Å²) in [5, 5.41) is 0. The monoisotopic (exact) mass is 245 g/mol. The molecule has 0 radical (unpaired) electrons. The van der Waals surface area contributed by atoms with Crippen LogP contribution in [0.4, 0.5) is 5.82 Å². The number of rotatable bonds is 3. The fourth-order valence-electron chi connectivity index (χ4n) is 2.25. The maximum absolute atomic E-state index is 6.21. The number of nitrogens with two attached hydrogens (primary N) is 1. The molecule has 0 aliphatic rings. The second-order valence-corrected chi connectivity index (χ2v) is 4.56. The molecule has 0 spiro atoms. The molecule has 0 aliphatic heterocycles. The van der Waals surface area contributed by atoms with E-state index in [0.717, 1.165) is 22.8 Å². The molecule has 96 valence electrons. The van der Waals surface area contributed by atoms with Gasteiger partial charge in [-0.3, -0.25) is 0 Å². The largest absolute Gasteiger partial charge is 0.496 e. The molecule has 4 heteroatoms. The minimum atomic E-state index is 0.293. The second kappa shape index (κ2) is 4.72. The number of hydrogen-bond donors (Lipinski definition) is 1. The molecular weight excluding hydrogens is 226 g/mol. The van der Waals surface area contributed by atoms with Crippen LogP contribution < -0.4 is 10.5 Å². The van der Waals surface area contributed by atoms with Crippen molar-refractivity contribution in [1.82, 2.24) is 9.55 Å². The zero-order valence-corrected chi connectivity index (χ0v) is 11.3. The van der Waals surface area contributed by atoms with E-state index in [0.29, 0.717) is 11.9 Å². The summed E-state index contributed by atoms with van der Waals surface area (Å²) in [7, 11) is 1.65. The third kappa shape index (κ3) is 1.94. The van der Waals surface area contributed by atoms with Gasteiger partial charge in [-0.05, 0) is 32.9 Å². The van der Waals surface area contributed by atoms with Gasteiger partial charge in [0.05, 0.1) is 7.11 Å². The maximum atomic E-state index is 6.21. The summed E-state index contributed by atoms with van der Waals surface area (Å²) in [6.07, 6.45) is 0.